The third kappa shape index (κ3) is 2.02. The highest BCUT2D eigenvalue weighted by Gasteiger charge is 2.58. The molecule has 0 aromatic rings. The smallest absolute Gasteiger partial charge is 0.0588 e. The van der Waals surface area contributed by atoms with E-state index < -0.39 is 0 Å². The van der Waals surface area contributed by atoms with Crippen LogP contribution in [0, 0.1) is 16.7 Å². The molecule has 2 aliphatic carbocycles. The van der Waals surface area contributed by atoms with Gasteiger partial charge in [-0.05, 0) is 61.8 Å². The first-order chi connectivity index (χ1) is 8.52. The van der Waals surface area contributed by atoms with E-state index in [-0.39, 0.29) is 0 Å². The van der Waals surface area contributed by atoms with E-state index in [0.29, 0.717) is 23.0 Å². The number of hydrogen-bond acceptors (Lipinski definition) is 2. The lowest BCUT2D eigenvalue weighted by Gasteiger charge is -2.43. The predicted molar refractivity (Wildman–Crippen MR) is 74.6 cm³/mol. The maximum atomic E-state index is 5.72. The molecule has 2 unspecified atom stereocenters. The van der Waals surface area contributed by atoms with Gasteiger partial charge in [0.05, 0.1) is 6.10 Å². The lowest BCUT2D eigenvalue weighted by molar-refractivity contribution is 0.0855. The summed E-state index contributed by atoms with van der Waals surface area (Å²) in [6.07, 6.45) is 8.60. The average Bonchev–Trinajstić information content (AvgIpc) is 2.96. The van der Waals surface area contributed by atoms with Crippen molar-refractivity contribution in [2.45, 2.75) is 71.4 Å². The molecule has 18 heavy (non-hydrogen) atoms. The molecule has 2 heteroatoms. The van der Waals surface area contributed by atoms with Gasteiger partial charge in [0.1, 0.15) is 0 Å². The second-order valence-electron chi connectivity index (χ2n) is 7.73. The molecule has 3 aliphatic rings. The summed E-state index contributed by atoms with van der Waals surface area (Å²) in [6.45, 7) is 9.59. The van der Waals surface area contributed by atoms with Crippen molar-refractivity contribution in [2.24, 2.45) is 16.7 Å². The monoisotopic (exact) mass is 251 g/mol. The van der Waals surface area contributed by atoms with Crippen LogP contribution in [-0.4, -0.2) is 25.3 Å². The molecule has 0 aromatic carbocycles. The van der Waals surface area contributed by atoms with Gasteiger partial charge in [0.15, 0.2) is 0 Å². The summed E-state index contributed by atoms with van der Waals surface area (Å²) in [5.74, 6) is 0.947. The molecule has 2 nitrogen and oxygen atoms in total. The Morgan fingerprint density at radius 2 is 2.06 bits per heavy atom. The van der Waals surface area contributed by atoms with Crippen LogP contribution in [0.4, 0.5) is 0 Å². The Morgan fingerprint density at radius 3 is 2.67 bits per heavy atom. The third-order valence-electron chi connectivity index (χ3n) is 6.11. The van der Waals surface area contributed by atoms with E-state index in [1.54, 1.807) is 0 Å². The van der Waals surface area contributed by atoms with Gasteiger partial charge in [0, 0.05) is 12.6 Å². The van der Waals surface area contributed by atoms with Crippen molar-refractivity contribution in [1.82, 2.24) is 5.32 Å². The fourth-order valence-corrected chi connectivity index (χ4v) is 5.07. The molecule has 104 valence electrons. The van der Waals surface area contributed by atoms with Crippen LogP contribution >= 0.6 is 0 Å². The maximum Gasteiger partial charge on any atom is 0.0588 e. The van der Waals surface area contributed by atoms with Gasteiger partial charge in [-0.2, -0.15) is 0 Å². The minimum Gasteiger partial charge on any atom is -0.378 e. The summed E-state index contributed by atoms with van der Waals surface area (Å²) in [6, 6.07) is 0.713. The van der Waals surface area contributed by atoms with Gasteiger partial charge in [-0.1, -0.05) is 20.8 Å². The number of fused-ring (bicyclic) bond motifs is 2. The van der Waals surface area contributed by atoms with Gasteiger partial charge in [-0.15, -0.1) is 0 Å². The average molecular weight is 251 g/mol. The standard InChI is InChI=1S/C16H29NO/c1-15(2)12-6-8-16(3,11-12)14(15)17-9-7-13-5-4-10-18-13/h12-14,17H,4-11H2,1-3H3/t12-,13?,14?,16+/m0/s1. The molecule has 1 N–H and O–H groups in total. The van der Waals surface area contributed by atoms with Crippen molar-refractivity contribution >= 4 is 0 Å². The topological polar surface area (TPSA) is 21.3 Å². The minimum absolute atomic E-state index is 0.490. The van der Waals surface area contributed by atoms with Crippen LogP contribution in [0.15, 0.2) is 0 Å². The SMILES string of the molecule is CC1(C)C(NCCC2CCCO2)[C@]2(C)CC[C@H]1C2. The van der Waals surface area contributed by atoms with E-state index in [4.69, 9.17) is 4.74 Å². The predicted octanol–water partition coefficient (Wildman–Crippen LogP) is 3.36. The van der Waals surface area contributed by atoms with Gasteiger partial charge in [0.2, 0.25) is 0 Å². The number of hydrogen-bond donors (Lipinski definition) is 1. The molecule has 2 bridgehead atoms. The largest absolute Gasteiger partial charge is 0.378 e. The van der Waals surface area contributed by atoms with Crippen LogP contribution in [0.2, 0.25) is 0 Å². The highest BCUT2D eigenvalue weighted by molar-refractivity contribution is 5.11. The zero-order valence-corrected chi connectivity index (χ0v) is 12.3. The van der Waals surface area contributed by atoms with E-state index in [2.05, 4.69) is 26.1 Å². The molecule has 1 saturated heterocycles. The molecular weight excluding hydrogens is 222 g/mol. The fourth-order valence-electron chi connectivity index (χ4n) is 5.07. The van der Waals surface area contributed by atoms with Gasteiger partial charge < -0.3 is 10.1 Å². The van der Waals surface area contributed by atoms with Gasteiger partial charge >= 0.3 is 0 Å². The molecule has 3 rings (SSSR count). The van der Waals surface area contributed by atoms with Gasteiger partial charge in [0.25, 0.3) is 0 Å². The van der Waals surface area contributed by atoms with Crippen molar-refractivity contribution in [3.8, 4) is 0 Å². The zero-order chi connectivity index (χ0) is 12.8. The summed E-state index contributed by atoms with van der Waals surface area (Å²) in [5, 5.41) is 3.89. The summed E-state index contributed by atoms with van der Waals surface area (Å²) in [7, 11) is 0. The molecule has 0 aromatic heterocycles. The van der Waals surface area contributed by atoms with Crippen molar-refractivity contribution in [3.05, 3.63) is 0 Å². The first-order valence-electron chi connectivity index (χ1n) is 7.87. The minimum atomic E-state index is 0.490. The normalized spacial score (nSPS) is 45.8. The van der Waals surface area contributed by atoms with E-state index in [1.807, 2.05) is 0 Å². The van der Waals surface area contributed by atoms with Crippen LogP contribution in [0.25, 0.3) is 0 Å². The third-order valence-corrected chi connectivity index (χ3v) is 6.11. The Balaban J connectivity index is 1.55. The first kappa shape index (κ1) is 12.9. The van der Waals surface area contributed by atoms with Crippen molar-refractivity contribution in [2.75, 3.05) is 13.2 Å². The molecule has 1 aliphatic heterocycles. The molecule has 2 saturated carbocycles. The lowest BCUT2D eigenvalue weighted by atomic mass is 9.68. The summed E-state index contributed by atoms with van der Waals surface area (Å²) in [4.78, 5) is 0. The first-order valence-corrected chi connectivity index (χ1v) is 7.87. The molecule has 0 radical (unpaired) electrons. The Kier molecular flexibility index (Phi) is 3.22. The Hall–Kier alpha value is -0.0800. The molecule has 0 spiro atoms. The Bertz CT molecular complexity index is 303. The molecule has 3 fully saturated rings. The summed E-state index contributed by atoms with van der Waals surface area (Å²) in [5.41, 5.74) is 1.05. The highest BCUT2D eigenvalue weighted by Crippen LogP contribution is 2.62. The van der Waals surface area contributed by atoms with E-state index >= 15 is 0 Å². The second kappa shape index (κ2) is 4.49. The van der Waals surface area contributed by atoms with Crippen molar-refractivity contribution in [3.63, 3.8) is 0 Å². The lowest BCUT2D eigenvalue weighted by Crippen LogP contribution is -2.50. The number of nitrogens with one attached hydrogen (secondary N) is 1. The van der Waals surface area contributed by atoms with Gasteiger partial charge in [-0.3, -0.25) is 0 Å². The molecule has 1 heterocycles. The highest BCUT2D eigenvalue weighted by atomic mass is 16.5. The van der Waals surface area contributed by atoms with Crippen molar-refractivity contribution < 1.29 is 4.74 Å². The van der Waals surface area contributed by atoms with Crippen LogP contribution in [-0.2, 0) is 4.74 Å². The Morgan fingerprint density at radius 1 is 1.22 bits per heavy atom. The second-order valence-corrected chi connectivity index (χ2v) is 7.73. The quantitative estimate of drug-likeness (QED) is 0.827. The van der Waals surface area contributed by atoms with Crippen LogP contribution in [0.3, 0.4) is 0 Å². The fraction of sp³-hybridized carbons (Fsp3) is 1.00. The Labute approximate surface area is 112 Å². The van der Waals surface area contributed by atoms with E-state index in [0.717, 1.165) is 19.1 Å². The number of ether oxygens (including phenoxy) is 1. The van der Waals surface area contributed by atoms with Crippen LogP contribution in [0.5, 0.6) is 0 Å². The van der Waals surface area contributed by atoms with E-state index in [9.17, 15) is 0 Å². The molecular formula is C16H29NO. The summed E-state index contributed by atoms with van der Waals surface area (Å²) < 4.78 is 5.72. The van der Waals surface area contributed by atoms with Crippen LogP contribution < -0.4 is 5.32 Å². The van der Waals surface area contributed by atoms with Crippen molar-refractivity contribution in [1.29, 1.82) is 0 Å². The summed E-state index contributed by atoms with van der Waals surface area (Å²) >= 11 is 0. The van der Waals surface area contributed by atoms with Gasteiger partial charge in [-0.25, -0.2) is 0 Å². The zero-order valence-electron chi connectivity index (χ0n) is 12.3. The van der Waals surface area contributed by atoms with Crippen LogP contribution in [0.1, 0.15) is 59.3 Å². The maximum absolute atomic E-state index is 5.72. The van der Waals surface area contributed by atoms with E-state index in [1.165, 1.54) is 38.5 Å². The molecule has 4 atom stereocenters. The molecule has 0 amide bonds. The number of rotatable bonds is 4.